The Balaban J connectivity index is 2.05. The second kappa shape index (κ2) is 7.09. The average Bonchev–Trinajstić information content (AvgIpc) is 2.94. The van der Waals surface area contributed by atoms with E-state index in [4.69, 9.17) is 10.9 Å². The first-order valence-electron chi connectivity index (χ1n) is 6.64. The van der Waals surface area contributed by atoms with E-state index in [2.05, 4.69) is 56.9 Å². The molecule has 19 heavy (non-hydrogen) atoms. The van der Waals surface area contributed by atoms with Crippen molar-refractivity contribution in [3.05, 3.63) is 33.4 Å². The van der Waals surface area contributed by atoms with E-state index in [1.165, 1.54) is 34.8 Å². The third-order valence-electron chi connectivity index (χ3n) is 3.63. The molecule has 0 bridgehead atoms. The molecule has 4 nitrogen and oxygen atoms in total. The van der Waals surface area contributed by atoms with Crippen LogP contribution in [-0.2, 0) is 6.54 Å². The van der Waals surface area contributed by atoms with Gasteiger partial charge in [0, 0.05) is 16.2 Å². The minimum atomic E-state index is 0.289. The number of benzene rings is 1. The summed E-state index contributed by atoms with van der Waals surface area (Å²) in [5.41, 5.74) is 6.95. The fraction of sp³-hybridized carbons (Fsp3) is 0.500. The maximum atomic E-state index is 8.76. The molecule has 3 N–H and O–H groups in total. The van der Waals surface area contributed by atoms with Crippen LogP contribution >= 0.6 is 22.6 Å². The molecule has 5 heteroatoms. The van der Waals surface area contributed by atoms with Gasteiger partial charge in [-0.25, -0.2) is 0 Å². The van der Waals surface area contributed by atoms with Gasteiger partial charge in [0.1, 0.15) is 0 Å². The van der Waals surface area contributed by atoms with Gasteiger partial charge in [-0.05, 0) is 53.1 Å². The molecule has 0 spiro atoms. The Bertz CT molecular complexity index is 427. The van der Waals surface area contributed by atoms with Gasteiger partial charge in [-0.2, -0.15) is 0 Å². The quantitative estimate of drug-likeness (QED) is 0.274. The molecule has 1 fully saturated rings. The molecule has 1 aromatic carbocycles. The smallest absolute Gasteiger partial charge is 0.153 e. The van der Waals surface area contributed by atoms with Crippen molar-refractivity contribution in [3.8, 4) is 0 Å². The lowest BCUT2D eigenvalue weighted by atomic mass is 10.1. The number of halogens is 1. The number of oxime groups is 1. The summed E-state index contributed by atoms with van der Waals surface area (Å²) >= 11 is 2.31. The van der Waals surface area contributed by atoms with Gasteiger partial charge in [0.25, 0.3) is 0 Å². The van der Waals surface area contributed by atoms with Crippen LogP contribution in [0.25, 0.3) is 0 Å². The Morgan fingerprint density at radius 1 is 1.32 bits per heavy atom. The van der Waals surface area contributed by atoms with Gasteiger partial charge < -0.3 is 10.9 Å². The second-order valence-corrected chi connectivity index (χ2v) is 6.31. The van der Waals surface area contributed by atoms with Crippen LogP contribution in [0.4, 0.5) is 0 Å². The molecule has 0 heterocycles. The summed E-state index contributed by atoms with van der Waals surface area (Å²) in [6.07, 6.45) is 4.99. The summed E-state index contributed by atoms with van der Waals surface area (Å²) in [6.45, 7) is 1.39. The SMILES string of the molecule is NC(CN(Cc1ccc(I)cc1)C1CCCC1)=NO. The largest absolute Gasteiger partial charge is 0.409 e. The molecule has 0 aromatic heterocycles. The van der Waals surface area contributed by atoms with Crippen LogP contribution in [0.3, 0.4) is 0 Å². The zero-order chi connectivity index (χ0) is 13.7. The number of nitrogens with zero attached hydrogens (tertiary/aromatic N) is 2. The third kappa shape index (κ3) is 4.35. The van der Waals surface area contributed by atoms with Crippen LogP contribution in [0, 0.1) is 3.57 Å². The van der Waals surface area contributed by atoms with Crippen LogP contribution in [0.1, 0.15) is 31.2 Å². The molecule has 1 aliphatic rings. The topological polar surface area (TPSA) is 61.8 Å². The highest BCUT2D eigenvalue weighted by molar-refractivity contribution is 14.1. The van der Waals surface area contributed by atoms with Crippen molar-refractivity contribution < 1.29 is 5.21 Å². The average molecular weight is 373 g/mol. The Labute approximate surface area is 127 Å². The fourth-order valence-corrected chi connectivity index (χ4v) is 3.01. The van der Waals surface area contributed by atoms with Crippen LogP contribution < -0.4 is 5.73 Å². The highest BCUT2D eigenvalue weighted by atomic mass is 127. The zero-order valence-electron chi connectivity index (χ0n) is 10.9. The van der Waals surface area contributed by atoms with E-state index in [9.17, 15) is 0 Å². The van der Waals surface area contributed by atoms with Crippen LogP contribution in [0.2, 0.25) is 0 Å². The summed E-state index contributed by atoms with van der Waals surface area (Å²) in [5, 5.41) is 11.9. The van der Waals surface area contributed by atoms with E-state index in [0.717, 1.165) is 6.54 Å². The van der Waals surface area contributed by atoms with Crippen molar-refractivity contribution in [2.45, 2.75) is 38.3 Å². The van der Waals surface area contributed by atoms with Crippen molar-refractivity contribution in [3.63, 3.8) is 0 Å². The molecule has 1 aliphatic carbocycles. The number of hydrogen-bond acceptors (Lipinski definition) is 3. The van der Waals surface area contributed by atoms with Gasteiger partial charge >= 0.3 is 0 Å². The Morgan fingerprint density at radius 3 is 2.53 bits per heavy atom. The first kappa shape index (κ1) is 14.6. The van der Waals surface area contributed by atoms with Crippen molar-refractivity contribution in [1.82, 2.24) is 4.90 Å². The predicted octanol–water partition coefficient (Wildman–Crippen LogP) is 2.78. The maximum absolute atomic E-state index is 8.76. The zero-order valence-corrected chi connectivity index (χ0v) is 13.1. The summed E-state index contributed by atoms with van der Waals surface area (Å²) in [6, 6.07) is 9.09. The van der Waals surface area contributed by atoms with E-state index >= 15 is 0 Å². The van der Waals surface area contributed by atoms with E-state index in [-0.39, 0.29) is 5.84 Å². The van der Waals surface area contributed by atoms with Crippen molar-refractivity contribution >= 4 is 28.4 Å². The standard InChI is InChI=1S/C14H20IN3O/c15-12-7-5-11(6-8-12)9-18(10-14(16)17-19)13-3-1-2-4-13/h5-8,13,19H,1-4,9-10H2,(H2,16,17). The van der Waals surface area contributed by atoms with Gasteiger partial charge in [-0.3, -0.25) is 4.90 Å². The van der Waals surface area contributed by atoms with Gasteiger partial charge in [0.2, 0.25) is 0 Å². The Kier molecular flexibility index (Phi) is 5.45. The summed E-state index contributed by atoms with van der Waals surface area (Å²) in [7, 11) is 0. The van der Waals surface area contributed by atoms with Crippen LogP contribution in [-0.4, -0.2) is 28.5 Å². The molecular formula is C14H20IN3O. The monoisotopic (exact) mass is 373 g/mol. The number of nitrogens with two attached hydrogens (primary N) is 1. The highest BCUT2D eigenvalue weighted by Crippen LogP contribution is 2.24. The molecule has 1 saturated carbocycles. The van der Waals surface area contributed by atoms with Gasteiger partial charge in [0.05, 0.1) is 6.54 Å². The van der Waals surface area contributed by atoms with Gasteiger partial charge in [-0.15, -0.1) is 0 Å². The number of amidine groups is 1. The van der Waals surface area contributed by atoms with Crippen molar-refractivity contribution in [2.24, 2.45) is 10.9 Å². The van der Waals surface area contributed by atoms with Crippen LogP contribution in [0.15, 0.2) is 29.4 Å². The molecule has 0 aliphatic heterocycles. The fourth-order valence-electron chi connectivity index (χ4n) is 2.65. The summed E-state index contributed by atoms with van der Waals surface area (Å²) < 4.78 is 1.24. The number of rotatable bonds is 5. The highest BCUT2D eigenvalue weighted by Gasteiger charge is 2.23. The van der Waals surface area contributed by atoms with Gasteiger partial charge in [0.15, 0.2) is 5.84 Å². The van der Waals surface area contributed by atoms with E-state index in [1.807, 2.05) is 0 Å². The predicted molar refractivity (Wildman–Crippen MR) is 85.2 cm³/mol. The number of hydrogen-bond donors (Lipinski definition) is 2. The normalized spacial score (nSPS) is 17.3. The first-order valence-corrected chi connectivity index (χ1v) is 7.72. The molecule has 0 saturated heterocycles. The second-order valence-electron chi connectivity index (χ2n) is 5.06. The molecule has 0 unspecified atom stereocenters. The summed E-state index contributed by atoms with van der Waals surface area (Å²) in [5.74, 6) is 0.289. The Morgan fingerprint density at radius 2 is 1.95 bits per heavy atom. The van der Waals surface area contributed by atoms with E-state index in [0.29, 0.717) is 12.6 Å². The molecule has 0 radical (unpaired) electrons. The van der Waals surface area contributed by atoms with E-state index in [1.54, 1.807) is 0 Å². The molecule has 1 aromatic rings. The summed E-state index contributed by atoms with van der Waals surface area (Å²) in [4.78, 5) is 2.32. The van der Waals surface area contributed by atoms with Crippen molar-refractivity contribution in [2.75, 3.05) is 6.54 Å². The Hall–Kier alpha value is -0.820. The lowest BCUT2D eigenvalue weighted by molar-refractivity contribution is 0.214. The minimum Gasteiger partial charge on any atom is -0.409 e. The third-order valence-corrected chi connectivity index (χ3v) is 4.35. The molecule has 0 atom stereocenters. The first-order chi connectivity index (χ1) is 9.19. The maximum Gasteiger partial charge on any atom is 0.153 e. The van der Waals surface area contributed by atoms with Crippen molar-refractivity contribution in [1.29, 1.82) is 0 Å². The lowest BCUT2D eigenvalue weighted by Crippen LogP contribution is -2.39. The minimum absolute atomic E-state index is 0.289. The molecule has 104 valence electrons. The van der Waals surface area contributed by atoms with E-state index < -0.39 is 0 Å². The molecular weight excluding hydrogens is 353 g/mol. The lowest BCUT2D eigenvalue weighted by Gasteiger charge is -2.28. The molecule has 2 rings (SSSR count). The van der Waals surface area contributed by atoms with Crippen LogP contribution in [0.5, 0.6) is 0 Å². The molecule has 0 amide bonds. The van der Waals surface area contributed by atoms with Gasteiger partial charge in [-0.1, -0.05) is 30.1 Å².